The fourth-order valence-electron chi connectivity index (χ4n) is 2.64. The zero-order valence-corrected chi connectivity index (χ0v) is 16.1. The smallest absolute Gasteiger partial charge is 0.336 e. The van der Waals surface area contributed by atoms with Gasteiger partial charge in [-0.3, -0.25) is 9.59 Å². The lowest BCUT2D eigenvalue weighted by molar-refractivity contribution is -0.128. The van der Waals surface area contributed by atoms with Gasteiger partial charge in [-0.25, -0.2) is 9.18 Å². The van der Waals surface area contributed by atoms with E-state index in [1.54, 1.807) is 42.5 Å². The first-order chi connectivity index (χ1) is 14.4. The van der Waals surface area contributed by atoms with Crippen LogP contribution in [0, 0.1) is 5.82 Å². The third-order valence-corrected chi connectivity index (χ3v) is 4.08. The van der Waals surface area contributed by atoms with Crippen LogP contribution in [0.25, 0.3) is 6.08 Å². The highest BCUT2D eigenvalue weighted by Crippen LogP contribution is 2.17. The third kappa shape index (κ3) is 5.72. The molecule has 0 saturated heterocycles. The van der Waals surface area contributed by atoms with E-state index in [0.717, 1.165) is 5.56 Å². The molecule has 3 rings (SSSR count). The van der Waals surface area contributed by atoms with Crippen molar-refractivity contribution in [2.45, 2.75) is 6.92 Å². The molecular weight excluding hydrogens is 385 g/mol. The molecule has 0 saturated carbocycles. The number of carbonyl (C=O) groups excluding carboxylic acids is 3. The predicted octanol–water partition coefficient (Wildman–Crippen LogP) is 4.63. The Labute approximate surface area is 172 Å². The van der Waals surface area contributed by atoms with Crippen molar-refractivity contribution in [1.82, 2.24) is 0 Å². The van der Waals surface area contributed by atoms with Gasteiger partial charge in [-0.1, -0.05) is 12.1 Å². The molecule has 0 aliphatic carbocycles. The molecular formula is C24H18FNO4. The van der Waals surface area contributed by atoms with Crippen LogP contribution in [0.5, 0.6) is 5.75 Å². The average Bonchev–Trinajstić information content (AvgIpc) is 2.73. The Morgan fingerprint density at radius 2 is 1.40 bits per heavy atom. The van der Waals surface area contributed by atoms with Crippen molar-refractivity contribution in [2.75, 3.05) is 5.32 Å². The van der Waals surface area contributed by atoms with Crippen LogP contribution in [0.3, 0.4) is 0 Å². The normalized spacial score (nSPS) is 10.6. The van der Waals surface area contributed by atoms with Gasteiger partial charge in [0.15, 0.2) is 5.78 Å². The molecule has 0 spiro atoms. The van der Waals surface area contributed by atoms with Gasteiger partial charge in [0.25, 0.3) is 0 Å². The van der Waals surface area contributed by atoms with Gasteiger partial charge in [0.05, 0.1) is 0 Å². The largest absolute Gasteiger partial charge is 0.423 e. The number of esters is 1. The van der Waals surface area contributed by atoms with Gasteiger partial charge in [0, 0.05) is 29.8 Å². The number of anilines is 1. The molecule has 0 aliphatic rings. The van der Waals surface area contributed by atoms with Gasteiger partial charge in [-0.05, 0) is 72.3 Å². The van der Waals surface area contributed by atoms with Crippen LogP contribution in [0.1, 0.15) is 28.4 Å². The summed E-state index contributed by atoms with van der Waals surface area (Å²) in [6.07, 6.45) is 2.87. The third-order valence-electron chi connectivity index (χ3n) is 4.08. The summed E-state index contributed by atoms with van der Waals surface area (Å²) < 4.78 is 18.2. The number of hydrogen-bond acceptors (Lipinski definition) is 4. The maximum Gasteiger partial charge on any atom is 0.336 e. The maximum atomic E-state index is 13.0. The monoisotopic (exact) mass is 403 g/mol. The number of carbonyl (C=O) groups is 3. The highest BCUT2D eigenvalue weighted by molar-refractivity contribution is 6.09. The number of ketones is 1. The van der Waals surface area contributed by atoms with Crippen molar-refractivity contribution in [3.63, 3.8) is 0 Å². The molecule has 0 bridgehead atoms. The van der Waals surface area contributed by atoms with Crippen LogP contribution in [0.4, 0.5) is 10.1 Å². The molecule has 0 heterocycles. The second-order valence-electron chi connectivity index (χ2n) is 6.42. The molecule has 3 aromatic rings. The molecule has 30 heavy (non-hydrogen) atoms. The molecule has 0 fully saturated rings. The fraction of sp³-hybridized carbons (Fsp3) is 0.0417. The van der Waals surface area contributed by atoms with E-state index in [1.165, 1.54) is 49.4 Å². The molecule has 0 unspecified atom stereocenters. The molecule has 1 amide bonds. The Morgan fingerprint density at radius 3 is 1.97 bits per heavy atom. The summed E-state index contributed by atoms with van der Waals surface area (Å²) in [5.41, 5.74) is 2.20. The van der Waals surface area contributed by atoms with Crippen LogP contribution >= 0.6 is 0 Å². The van der Waals surface area contributed by atoms with Crippen molar-refractivity contribution < 1.29 is 23.5 Å². The second kappa shape index (κ2) is 9.43. The lowest BCUT2D eigenvalue weighted by Crippen LogP contribution is -2.05. The standard InChI is InChI=1S/C24H18FNO4/c1-16(27)26-21-11-2-17(3-12-21)4-15-23(28)30-22-13-7-19(8-14-22)24(29)18-5-9-20(25)10-6-18/h2-15H,1H3,(H,26,27)/b15-4+. The minimum Gasteiger partial charge on any atom is -0.423 e. The summed E-state index contributed by atoms with van der Waals surface area (Å²) in [4.78, 5) is 35.4. The Kier molecular flexibility index (Phi) is 6.49. The number of ether oxygens (including phenoxy) is 1. The van der Waals surface area contributed by atoms with Crippen molar-refractivity contribution >= 4 is 29.4 Å². The van der Waals surface area contributed by atoms with Gasteiger partial charge in [0.2, 0.25) is 5.91 Å². The summed E-state index contributed by atoms with van der Waals surface area (Å²) in [7, 11) is 0. The lowest BCUT2D eigenvalue weighted by atomic mass is 10.0. The number of rotatable bonds is 6. The Balaban J connectivity index is 1.59. The SMILES string of the molecule is CC(=O)Nc1ccc(/C=C/C(=O)Oc2ccc(C(=O)c3ccc(F)cc3)cc2)cc1. The summed E-state index contributed by atoms with van der Waals surface area (Å²) in [5, 5.41) is 2.66. The minimum atomic E-state index is -0.571. The van der Waals surface area contributed by atoms with Gasteiger partial charge >= 0.3 is 5.97 Å². The Bertz CT molecular complexity index is 1090. The molecule has 150 valence electrons. The quantitative estimate of drug-likeness (QED) is 0.282. The van der Waals surface area contributed by atoms with Crippen molar-refractivity contribution in [3.05, 3.63) is 101 Å². The van der Waals surface area contributed by atoms with Gasteiger partial charge < -0.3 is 10.1 Å². The molecule has 6 heteroatoms. The Hall–Kier alpha value is -4.06. The molecule has 0 atom stereocenters. The first-order valence-corrected chi connectivity index (χ1v) is 9.08. The maximum absolute atomic E-state index is 13.0. The molecule has 1 N–H and O–H groups in total. The van der Waals surface area contributed by atoms with Crippen LogP contribution in [0.15, 0.2) is 78.9 Å². The first kappa shape index (κ1) is 20.7. The molecule has 0 radical (unpaired) electrons. The zero-order valence-electron chi connectivity index (χ0n) is 16.1. The number of benzene rings is 3. The second-order valence-corrected chi connectivity index (χ2v) is 6.42. The summed E-state index contributed by atoms with van der Waals surface area (Å²) in [6.45, 7) is 1.43. The minimum absolute atomic E-state index is 0.160. The number of nitrogens with one attached hydrogen (secondary N) is 1. The van der Waals surface area contributed by atoms with E-state index in [4.69, 9.17) is 4.74 Å². The summed E-state index contributed by atoms with van der Waals surface area (Å²) >= 11 is 0. The van der Waals surface area contributed by atoms with Crippen LogP contribution < -0.4 is 10.1 Å². The van der Waals surface area contributed by atoms with Crippen molar-refractivity contribution in [3.8, 4) is 5.75 Å². The van der Waals surface area contributed by atoms with E-state index < -0.39 is 11.8 Å². The summed E-state index contributed by atoms with van der Waals surface area (Å²) in [6, 6.07) is 18.4. The van der Waals surface area contributed by atoms with E-state index >= 15 is 0 Å². The van der Waals surface area contributed by atoms with Crippen molar-refractivity contribution in [2.24, 2.45) is 0 Å². The Morgan fingerprint density at radius 1 is 0.833 bits per heavy atom. The molecule has 3 aromatic carbocycles. The molecule has 5 nitrogen and oxygen atoms in total. The number of hydrogen-bond donors (Lipinski definition) is 1. The van der Waals surface area contributed by atoms with Crippen LogP contribution in [0.2, 0.25) is 0 Å². The highest BCUT2D eigenvalue weighted by Gasteiger charge is 2.10. The number of amides is 1. The van der Waals surface area contributed by atoms with E-state index in [9.17, 15) is 18.8 Å². The van der Waals surface area contributed by atoms with E-state index in [-0.39, 0.29) is 11.7 Å². The highest BCUT2D eigenvalue weighted by atomic mass is 19.1. The van der Waals surface area contributed by atoms with Gasteiger partial charge in [0.1, 0.15) is 11.6 Å². The van der Waals surface area contributed by atoms with Crippen LogP contribution in [-0.2, 0) is 9.59 Å². The van der Waals surface area contributed by atoms with E-state index in [0.29, 0.717) is 22.6 Å². The fourth-order valence-corrected chi connectivity index (χ4v) is 2.64. The van der Waals surface area contributed by atoms with Crippen LogP contribution in [-0.4, -0.2) is 17.7 Å². The van der Waals surface area contributed by atoms with Gasteiger partial charge in [-0.15, -0.1) is 0 Å². The predicted molar refractivity (Wildman–Crippen MR) is 112 cm³/mol. The molecule has 0 aliphatic heterocycles. The zero-order chi connectivity index (χ0) is 21.5. The first-order valence-electron chi connectivity index (χ1n) is 9.08. The van der Waals surface area contributed by atoms with E-state index in [2.05, 4.69) is 5.32 Å². The average molecular weight is 403 g/mol. The molecule has 0 aromatic heterocycles. The van der Waals surface area contributed by atoms with E-state index in [1.807, 2.05) is 0 Å². The topological polar surface area (TPSA) is 72.5 Å². The van der Waals surface area contributed by atoms with Crippen molar-refractivity contribution in [1.29, 1.82) is 0 Å². The summed E-state index contributed by atoms with van der Waals surface area (Å²) in [5.74, 6) is -1.10. The lowest BCUT2D eigenvalue weighted by Gasteiger charge is -2.04. The van der Waals surface area contributed by atoms with Gasteiger partial charge in [-0.2, -0.15) is 0 Å². The number of halogens is 1.